The number of nitrogens with zero attached hydrogens (tertiary/aromatic N) is 1. The Kier molecular flexibility index (Phi) is 5.06. The summed E-state index contributed by atoms with van der Waals surface area (Å²) in [6.45, 7) is 7.09. The Morgan fingerprint density at radius 2 is 1.86 bits per heavy atom. The molecule has 2 N–H and O–H groups in total. The number of carboxylic acid groups (broad SMARTS) is 1. The van der Waals surface area contributed by atoms with E-state index < -0.39 is 11.9 Å². The highest BCUT2D eigenvalue weighted by Crippen LogP contribution is 2.23. The molecule has 0 saturated carbocycles. The number of amides is 2. The molecule has 1 aliphatic heterocycles. The molecule has 2 unspecified atom stereocenters. The lowest BCUT2D eigenvalue weighted by Gasteiger charge is -2.34. The highest BCUT2D eigenvalue weighted by Gasteiger charge is 2.31. The summed E-state index contributed by atoms with van der Waals surface area (Å²) in [4.78, 5) is 25.1. The van der Waals surface area contributed by atoms with E-state index >= 15 is 0 Å². The number of aliphatic carboxylic acids is 1. The van der Waals surface area contributed by atoms with Crippen LogP contribution >= 0.6 is 0 Å². The summed E-state index contributed by atoms with van der Waals surface area (Å²) < 4.78 is 0. The molecule has 2 atom stereocenters. The van der Waals surface area contributed by atoms with Gasteiger partial charge in [-0.15, -0.1) is 0 Å². The minimum Gasteiger partial charge on any atom is -0.481 e. The van der Waals surface area contributed by atoms with Crippen molar-refractivity contribution in [2.75, 3.05) is 18.4 Å². The number of rotatable bonds is 3. The normalized spacial score (nSPS) is 21.7. The average Bonchev–Trinajstić information content (AvgIpc) is 2.47. The first-order valence-electron chi connectivity index (χ1n) is 7.75. The van der Waals surface area contributed by atoms with Gasteiger partial charge >= 0.3 is 12.0 Å². The first-order valence-corrected chi connectivity index (χ1v) is 7.75. The lowest BCUT2D eigenvalue weighted by Crippen LogP contribution is -2.47. The van der Waals surface area contributed by atoms with Crippen LogP contribution in [0.25, 0.3) is 0 Å². The summed E-state index contributed by atoms with van der Waals surface area (Å²) in [7, 11) is 0. The van der Waals surface area contributed by atoms with Gasteiger partial charge in [0, 0.05) is 18.8 Å². The highest BCUT2D eigenvalue weighted by molar-refractivity contribution is 5.89. The molecule has 0 spiro atoms. The van der Waals surface area contributed by atoms with E-state index in [0.29, 0.717) is 18.9 Å². The molecule has 22 heavy (non-hydrogen) atoms. The van der Waals surface area contributed by atoms with Crippen LogP contribution in [-0.2, 0) is 4.79 Å². The van der Waals surface area contributed by atoms with Crippen LogP contribution in [0.2, 0.25) is 0 Å². The molecule has 0 bridgehead atoms. The molecule has 2 amide bonds. The second kappa shape index (κ2) is 6.81. The number of carboxylic acids is 1. The molecule has 1 aromatic rings. The third-order valence-corrected chi connectivity index (χ3v) is 4.12. The second-order valence-corrected chi connectivity index (χ2v) is 6.49. The van der Waals surface area contributed by atoms with E-state index in [-0.39, 0.29) is 18.5 Å². The molecule has 1 saturated heterocycles. The minimum atomic E-state index is -0.828. The van der Waals surface area contributed by atoms with Gasteiger partial charge in [0.2, 0.25) is 0 Å². The van der Waals surface area contributed by atoms with Crippen molar-refractivity contribution in [3.05, 3.63) is 29.8 Å². The van der Waals surface area contributed by atoms with E-state index in [9.17, 15) is 9.59 Å². The van der Waals surface area contributed by atoms with E-state index in [1.54, 1.807) is 4.90 Å². The second-order valence-electron chi connectivity index (χ2n) is 6.49. The van der Waals surface area contributed by atoms with Crippen molar-refractivity contribution in [3.63, 3.8) is 0 Å². The number of nitrogens with one attached hydrogen (secondary N) is 1. The molecule has 1 aromatic carbocycles. The van der Waals surface area contributed by atoms with Gasteiger partial charge in [-0.25, -0.2) is 4.79 Å². The lowest BCUT2D eigenvalue weighted by molar-refractivity contribution is -0.143. The molecule has 0 radical (unpaired) electrons. The number of hydrogen-bond acceptors (Lipinski definition) is 2. The standard InChI is InChI=1S/C17H24N2O3/c1-11(2)13-4-6-15(7-5-13)18-17(22)19-9-12(3)8-14(10-19)16(20)21/h4-7,11-12,14H,8-10H2,1-3H3,(H,18,22)(H,20,21). The first kappa shape index (κ1) is 16.3. The van der Waals surface area contributed by atoms with Crippen molar-refractivity contribution in [2.24, 2.45) is 11.8 Å². The van der Waals surface area contributed by atoms with Crippen LogP contribution < -0.4 is 5.32 Å². The van der Waals surface area contributed by atoms with Crippen LogP contribution in [-0.4, -0.2) is 35.1 Å². The van der Waals surface area contributed by atoms with E-state index in [4.69, 9.17) is 5.11 Å². The topological polar surface area (TPSA) is 69.6 Å². The molecule has 0 aromatic heterocycles. The molecule has 1 fully saturated rings. The number of carbonyl (C=O) groups excluding carboxylic acids is 1. The molecule has 2 rings (SSSR count). The summed E-state index contributed by atoms with van der Waals surface area (Å²) in [5.41, 5.74) is 1.95. The molecule has 5 heteroatoms. The van der Waals surface area contributed by atoms with Gasteiger partial charge in [0.25, 0.3) is 0 Å². The summed E-state index contributed by atoms with van der Waals surface area (Å²) in [6, 6.07) is 7.54. The molecule has 120 valence electrons. The number of likely N-dealkylation sites (tertiary alicyclic amines) is 1. The van der Waals surface area contributed by atoms with E-state index in [1.165, 1.54) is 5.56 Å². The van der Waals surface area contributed by atoms with Crippen LogP contribution in [0.4, 0.5) is 10.5 Å². The summed E-state index contributed by atoms with van der Waals surface area (Å²) in [6.07, 6.45) is 0.627. The van der Waals surface area contributed by atoms with Gasteiger partial charge in [-0.1, -0.05) is 32.9 Å². The molecular weight excluding hydrogens is 280 g/mol. The first-order chi connectivity index (χ1) is 10.4. The van der Waals surface area contributed by atoms with Crippen LogP contribution in [0, 0.1) is 11.8 Å². The van der Waals surface area contributed by atoms with E-state index in [0.717, 1.165) is 5.69 Å². The number of benzene rings is 1. The molecule has 0 aliphatic carbocycles. The van der Waals surface area contributed by atoms with Crippen LogP contribution in [0.15, 0.2) is 24.3 Å². The summed E-state index contributed by atoms with van der Waals surface area (Å²) in [5.74, 6) is -0.656. The van der Waals surface area contributed by atoms with Gasteiger partial charge in [-0.05, 0) is 36.0 Å². The monoisotopic (exact) mass is 304 g/mol. The third-order valence-electron chi connectivity index (χ3n) is 4.12. The highest BCUT2D eigenvalue weighted by atomic mass is 16.4. The zero-order chi connectivity index (χ0) is 16.3. The predicted molar refractivity (Wildman–Crippen MR) is 86.0 cm³/mol. The summed E-state index contributed by atoms with van der Waals surface area (Å²) >= 11 is 0. The van der Waals surface area contributed by atoms with Crippen LogP contribution in [0.1, 0.15) is 38.7 Å². The smallest absolute Gasteiger partial charge is 0.321 e. The fourth-order valence-electron chi connectivity index (χ4n) is 2.85. The van der Waals surface area contributed by atoms with Crippen molar-refractivity contribution >= 4 is 17.7 Å². The number of hydrogen-bond donors (Lipinski definition) is 2. The maximum atomic E-state index is 12.3. The third kappa shape index (κ3) is 4.00. The molecular formula is C17H24N2O3. The zero-order valence-corrected chi connectivity index (χ0v) is 13.4. The quantitative estimate of drug-likeness (QED) is 0.899. The molecule has 1 aliphatic rings. The fourth-order valence-corrected chi connectivity index (χ4v) is 2.85. The Balaban J connectivity index is 2.00. The van der Waals surface area contributed by atoms with Gasteiger partial charge in [-0.3, -0.25) is 4.79 Å². The number of urea groups is 1. The SMILES string of the molecule is CC1CC(C(=O)O)CN(C(=O)Nc2ccc(C(C)C)cc2)C1. The van der Waals surface area contributed by atoms with Crippen molar-refractivity contribution in [2.45, 2.75) is 33.1 Å². The van der Waals surface area contributed by atoms with Crippen molar-refractivity contribution < 1.29 is 14.7 Å². The molecule has 1 heterocycles. The van der Waals surface area contributed by atoms with Crippen molar-refractivity contribution in [3.8, 4) is 0 Å². The van der Waals surface area contributed by atoms with Gasteiger partial charge in [0.1, 0.15) is 0 Å². The number of anilines is 1. The number of piperidine rings is 1. The zero-order valence-electron chi connectivity index (χ0n) is 13.4. The Bertz CT molecular complexity index is 539. The average molecular weight is 304 g/mol. The van der Waals surface area contributed by atoms with Crippen LogP contribution in [0.5, 0.6) is 0 Å². The Labute approximate surface area is 131 Å². The Morgan fingerprint density at radius 3 is 2.41 bits per heavy atom. The molecule has 5 nitrogen and oxygen atoms in total. The van der Waals surface area contributed by atoms with Crippen molar-refractivity contribution in [1.82, 2.24) is 4.90 Å². The fraction of sp³-hybridized carbons (Fsp3) is 0.529. The maximum absolute atomic E-state index is 12.3. The minimum absolute atomic E-state index is 0.198. The van der Waals surface area contributed by atoms with E-state index in [2.05, 4.69) is 19.2 Å². The van der Waals surface area contributed by atoms with Crippen molar-refractivity contribution in [1.29, 1.82) is 0 Å². The van der Waals surface area contributed by atoms with E-state index in [1.807, 2.05) is 31.2 Å². The summed E-state index contributed by atoms with van der Waals surface area (Å²) in [5, 5.41) is 12.0. The van der Waals surface area contributed by atoms with Gasteiger partial charge in [-0.2, -0.15) is 0 Å². The Morgan fingerprint density at radius 1 is 1.23 bits per heavy atom. The number of carbonyl (C=O) groups is 2. The lowest BCUT2D eigenvalue weighted by atomic mass is 9.91. The Hall–Kier alpha value is -2.04. The van der Waals surface area contributed by atoms with Crippen LogP contribution in [0.3, 0.4) is 0 Å². The largest absolute Gasteiger partial charge is 0.481 e. The van der Waals surface area contributed by atoms with Gasteiger partial charge in [0.05, 0.1) is 5.92 Å². The maximum Gasteiger partial charge on any atom is 0.321 e. The predicted octanol–water partition coefficient (Wildman–Crippen LogP) is 3.38. The van der Waals surface area contributed by atoms with Gasteiger partial charge < -0.3 is 15.3 Å². The van der Waals surface area contributed by atoms with Gasteiger partial charge in [0.15, 0.2) is 0 Å².